The lowest BCUT2D eigenvalue weighted by molar-refractivity contribution is -0.124. The van der Waals surface area contributed by atoms with Crippen LogP contribution in [-0.2, 0) is 4.79 Å². The smallest absolute Gasteiger partial charge is 0.244 e. The molecule has 0 spiro atoms. The van der Waals surface area contributed by atoms with E-state index in [1.54, 1.807) is 12.1 Å². The van der Waals surface area contributed by atoms with Crippen molar-refractivity contribution in [3.05, 3.63) is 28.8 Å². The van der Waals surface area contributed by atoms with Crippen LogP contribution in [0.2, 0.25) is 5.02 Å². The van der Waals surface area contributed by atoms with E-state index in [4.69, 9.17) is 16.9 Å². The zero-order chi connectivity index (χ0) is 14.6. The van der Waals surface area contributed by atoms with Crippen LogP contribution in [0.4, 0.5) is 5.69 Å². The Hall–Kier alpha value is -2.04. The van der Waals surface area contributed by atoms with Gasteiger partial charge in [-0.2, -0.15) is 10.5 Å². The lowest BCUT2D eigenvalue weighted by Gasteiger charge is -2.29. The predicted octanol–water partition coefficient (Wildman–Crippen LogP) is 3.62. The van der Waals surface area contributed by atoms with E-state index in [0.29, 0.717) is 29.1 Å². The monoisotopic (exact) mass is 287 g/mol. The van der Waals surface area contributed by atoms with Gasteiger partial charge in [-0.15, -0.1) is 0 Å². The average Bonchev–Trinajstić information content (AvgIpc) is 2.48. The number of carbonyl (C=O) groups excluding carboxylic acids is 1. The van der Waals surface area contributed by atoms with Gasteiger partial charge in [-0.25, -0.2) is 0 Å². The number of nitrogens with one attached hydrogen (secondary N) is 1. The highest BCUT2D eigenvalue weighted by Crippen LogP contribution is 2.37. The number of anilines is 1. The molecular formula is C15H14ClN3O. The zero-order valence-electron chi connectivity index (χ0n) is 10.9. The normalized spacial score (nSPS) is 16.8. The van der Waals surface area contributed by atoms with Crippen LogP contribution in [0.15, 0.2) is 18.2 Å². The third-order valence-electron chi connectivity index (χ3n) is 3.71. The summed E-state index contributed by atoms with van der Waals surface area (Å²) in [6.07, 6.45) is 3.94. The van der Waals surface area contributed by atoms with Gasteiger partial charge < -0.3 is 5.32 Å². The van der Waals surface area contributed by atoms with E-state index in [0.717, 1.165) is 19.3 Å². The van der Waals surface area contributed by atoms with Crippen LogP contribution < -0.4 is 5.32 Å². The van der Waals surface area contributed by atoms with Gasteiger partial charge in [-0.3, -0.25) is 4.79 Å². The predicted molar refractivity (Wildman–Crippen MR) is 75.9 cm³/mol. The molecule has 1 aliphatic rings. The molecule has 0 bridgehead atoms. The molecule has 0 unspecified atom stereocenters. The molecule has 102 valence electrons. The highest BCUT2D eigenvalue weighted by Gasteiger charge is 2.40. The second-order valence-electron chi connectivity index (χ2n) is 5.01. The van der Waals surface area contributed by atoms with Gasteiger partial charge >= 0.3 is 0 Å². The van der Waals surface area contributed by atoms with Crippen LogP contribution in [-0.4, -0.2) is 5.91 Å². The van der Waals surface area contributed by atoms with Crippen molar-refractivity contribution in [3.8, 4) is 12.1 Å². The molecule has 1 aliphatic carbocycles. The van der Waals surface area contributed by atoms with Crippen molar-refractivity contribution in [1.29, 1.82) is 10.5 Å². The minimum Gasteiger partial charge on any atom is -0.323 e. The second kappa shape index (κ2) is 5.94. The van der Waals surface area contributed by atoms with E-state index in [9.17, 15) is 10.1 Å². The van der Waals surface area contributed by atoms with Gasteiger partial charge in [0, 0.05) is 5.02 Å². The average molecular weight is 288 g/mol. The molecule has 0 saturated heterocycles. The highest BCUT2D eigenvalue weighted by molar-refractivity contribution is 6.31. The minimum atomic E-state index is -0.979. The summed E-state index contributed by atoms with van der Waals surface area (Å²) >= 11 is 5.89. The van der Waals surface area contributed by atoms with Gasteiger partial charge in [0.05, 0.1) is 17.3 Å². The molecule has 1 N–H and O–H groups in total. The summed E-state index contributed by atoms with van der Waals surface area (Å²) in [6, 6.07) is 8.85. The van der Waals surface area contributed by atoms with Gasteiger partial charge in [0.15, 0.2) is 0 Å². The number of carbonyl (C=O) groups is 1. The standard InChI is InChI=1S/C15H14ClN3O/c16-12-5-4-11(9-17)13(8-12)19-14(20)15(10-18)6-2-1-3-7-15/h4-5,8H,1-3,6-7H2,(H,19,20). The molecule has 4 nitrogen and oxygen atoms in total. The second-order valence-corrected chi connectivity index (χ2v) is 5.45. The quantitative estimate of drug-likeness (QED) is 0.902. The van der Waals surface area contributed by atoms with E-state index >= 15 is 0 Å². The first-order chi connectivity index (χ1) is 9.61. The molecule has 0 heterocycles. The van der Waals surface area contributed by atoms with Gasteiger partial charge in [0.2, 0.25) is 5.91 Å². The molecule has 20 heavy (non-hydrogen) atoms. The topological polar surface area (TPSA) is 76.7 Å². The van der Waals surface area contributed by atoms with E-state index in [2.05, 4.69) is 11.4 Å². The maximum Gasteiger partial charge on any atom is 0.244 e. The number of hydrogen-bond acceptors (Lipinski definition) is 3. The minimum absolute atomic E-state index is 0.335. The Morgan fingerprint density at radius 2 is 1.95 bits per heavy atom. The van der Waals surface area contributed by atoms with Crippen LogP contribution in [0.1, 0.15) is 37.7 Å². The fourth-order valence-electron chi connectivity index (χ4n) is 2.50. The first-order valence-electron chi connectivity index (χ1n) is 6.54. The van der Waals surface area contributed by atoms with Crippen LogP contribution in [0, 0.1) is 28.1 Å². The molecule has 1 fully saturated rings. The molecule has 0 atom stereocenters. The maximum absolute atomic E-state index is 12.4. The Morgan fingerprint density at radius 1 is 1.25 bits per heavy atom. The van der Waals surface area contributed by atoms with Crippen molar-refractivity contribution in [3.63, 3.8) is 0 Å². The Balaban J connectivity index is 2.26. The highest BCUT2D eigenvalue weighted by atomic mass is 35.5. The largest absolute Gasteiger partial charge is 0.323 e. The third kappa shape index (κ3) is 2.76. The van der Waals surface area contributed by atoms with Crippen LogP contribution in [0.3, 0.4) is 0 Å². The summed E-state index contributed by atoms with van der Waals surface area (Å²) in [6.45, 7) is 0. The Morgan fingerprint density at radius 3 is 2.55 bits per heavy atom. The fraction of sp³-hybridized carbons (Fsp3) is 0.400. The number of benzene rings is 1. The summed E-state index contributed by atoms with van der Waals surface area (Å²) in [4.78, 5) is 12.4. The van der Waals surface area contributed by atoms with Crippen molar-refractivity contribution in [2.24, 2.45) is 5.41 Å². The summed E-state index contributed by atoms with van der Waals surface area (Å²) < 4.78 is 0. The van der Waals surface area contributed by atoms with Gasteiger partial charge in [0.25, 0.3) is 0 Å². The van der Waals surface area contributed by atoms with Crippen LogP contribution in [0.25, 0.3) is 0 Å². The first-order valence-corrected chi connectivity index (χ1v) is 6.91. The number of rotatable bonds is 2. The SMILES string of the molecule is N#Cc1ccc(Cl)cc1NC(=O)C1(C#N)CCCCC1. The molecule has 1 amide bonds. The van der Waals surface area contributed by atoms with Gasteiger partial charge in [-0.05, 0) is 31.0 Å². The van der Waals surface area contributed by atoms with E-state index in [1.165, 1.54) is 6.07 Å². The summed E-state index contributed by atoms with van der Waals surface area (Å²) in [7, 11) is 0. The van der Waals surface area contributed by atoms with Crippen molar-refractivity contribution < 1.29 is 4.79 Å². The Labute approximate surface area is 123 Å². The molecular weight excluding hydrogens is 274 g/mol. The van der Waals surface area contributed by atoms with E-state index in [-0.39, 0.29) is 5.91 Å². The number of nitriles is 2. The lowest BCUT2D eigenvalue weighted by Crippen LogP contribution is -2.37. The molecule has 0 radical (unpaired) electrons. The summed E-state index contributed by atoms with van der Waals surface area (Å²) in [5.41, 5.74) is -0.273. The number of halogens is 1. The molecule has 1 saturated carbocycles. The number of hydrogen-bond donors (Lipinski definition) is 1. The molecule has 1 aromatic rings. The lowest BCUT2D eigenvalue weighted by atomic mass is 9.74. The van der Waals surface area contributed by atoms with Crippen molar-refractivity contribution in [2.45, 2.75) is 32.1 Å². The fourth-order valence-corrected chi connectivity index (χ4v) is 2.68. The van der Waals surface area contributed by atoms with Crippen molar-refractivity contribution in [1.82, 2.24) is 0 Å². The first kappa shape index (κ1) is 14.4. The maximum atomic E-state index is 12.4. The molecule has 0 aliphatic heterocycles. The van der Waals surface area contributed by atoms with Crippen molar-refractivity contribution in [2.75, 3.05) is 5.32 Å². The third-order valence-corrected chi connectivity index (χ3v) is 3.94. The van der Waals surface area contributed by atoms with E-state index in [1.807, 2.05) is 6.07 Å². The molecule has 2 rings (SSSR count). The summed E-state index contributed by atoms with van der Waals surface area (Å²) in [5.74, 6) is -0.335. The molecule has 1 aromatic carbocycles. The molecule has 0 aromatic heterocycles. The van der Waals surface area contributed by atoms with Crippen LogP contribution in [0.5, 0.6) is 0 Å². The number of amides is 1. The van der Waals surface area contributed by atoms with Crippen molar-refractivity contribution >= 4 is 23.2 Å². The number of nitrogens with zero attached hydrogens (tertiary/aromatic N) is 2. The van der Waals surface area contributed by atoms with Gasteiger partial charge in [0.1, 0.15) is 11.5 Å². The zero-order valence-corrected chi connectivity index (χ0v) is 11.7. The Kier molecular flexibility index (Phi) is 4.27. The van der Waals surface area contributed by atoms with Gasteiger partial charge in [-0.1, -0.05) is 30.9 Å². The Bertz CT molecular complexity index is 607. The van der Waals surface area contributed by atoms with E-state index < -0.39 is 5.41 Å². The van der Waals surface area contributed by atoms with Crippen LogP contribution >= 0.6 is 11.6 Å². The summed E-state index contributed by atoms with van der Waals surface area (Å²) in [5, 5.41) is 21.5. The molecule has 5 heteroatoms.